The Labute approximate surface area is 137 Å². The lowest BCUT2D eigenvalue weighted by atomic mass is 10.2. The molecular formula is C17H16N4O3. The van der Waals surface area contributed by atoms with Gasteiger partial charge in [0.1, 0.15) is 12.3 Å². The molecule has 7 nitrogen and oxygen atoms in total. The zero-order valence-corrected chi connectivity index (χ0v) is 13.0. The SMILES string of the molecule is Cn1cc(OCc2ccccc2)c(=O)cc1C(=O)Nc1ncc[nH]1. The van der Waals surface area contributed by atoms with E-state index in [2.05, 4.69) is 15.3 Å². The highest BCUT2D eigenvalue weighted by molar-refractivity contribution is 6.02. The number of aromatic amines is 1. The fraction of sp³-hybridized carbons (Fsp3) is 0.118. The molecule has 0 aliphatic carbocycles. The number of hydrogen-bond donors (Lipinski definition) is 2. The Morgan fingerprint density at radius 2 is 2.12 bits per heavy atom. The topological polar surface area (TPSA) is 89.0 Å². The van der Waals surface area contributed by atoms with Crippen molar-refractivity contribution in [1.29, 1.82) is 0 Å². The normalized spacial score (nSPS) is 10.4. The molecule has 3 rings (SSSR count). The van der Waals surface area contributed by atoms with Crippen molar-refractivity contribution in [1.82, 2.24) is 14.5 Å². The van der Waals surface area contributed by atoms with Crippen molar-refractivity contribution in [3.05, 3.63) is 76.5 Å². The van der Waals surface area contributed by atoms with Crippen LogP contribution in [0.5, 0.6) is 5.75 Å². The van der Waals surface area contributed by atoms with E-state index in [0.717, 1.165) is 5.56 Å². The highest BCUT2D eigenvalue weighted by Gasteiger charge is 2.13. The van der Waals surface area contributed by atoms with Crippen LogP contribution in [0.15, 0.2) is 59.8 Å². The summed E-state index contributed by atoms with van der Waals surface area (Å²) in [4.78, 5) is 31.1. The van der Waals surface area contributed by atoms with Gasteiger partial charge in [-0.25, -0.2) is 4.98 Å². The van der Waals surface area contributed by atoms with Gasteiger partial charge in [-0.1, -0.05) is 30.3 Å². The maximum atomic E-state index is 12.2. The number of nitrogens with zero attached hydrogens (tertiary/aromatic N) is 2. The summed E-state index contributed by atoms with van der Waals surface area (Å²) in [7, 11) is 1.67. The minimum atomic E-state index is -0.431. The second-order valence-electron chi connectivity index (χ2n) is 5.16. The van der Waals surface area contributed by atoms with Crippen molar-refractivity contribution in [2.24, 2.45) is 7.05 Å². The summed E-state index contributed by atoms with van der Waals surface area (Å²) in [5.74, 6) is 0.0758. The molecule has 0 aliphatic heterocycles. The van der Waals surface area contributed by atoms with Gasteiger partial charge in [-0.15, -0.1) is 0 Å². The van der Waals surface area contributed by atoms with Gasteiger partial charge in [-0.05, 0) is 5.56 Å². The standard InChI is InChI=1S/C17H16N4O3/c1-21-10-15(24-11-12-5-3-2-4-6-12)14(22)9-13(21)16(23)20-17-18-7-8-19-17/h2-10H,11H2,1H3,(H2,18,19,20,23). The number of pyridine rings is 1. The summed E-state index contributed by atoms with van der Waals surface area (Å²) in [5.41, 5.74) is 0.816. The predicted octanol–water partition coefficient (Wildman–Crippen LogP) is 1.94. The Bertz CT molecular complexity index is 886. The first kappa shape index (κ1) is 15.5. The Kier molecular flexibility index (Phi) is 4.42. The maximum Gasteiger partial charge on any atom is 0.274 e. The van der Waals surface area contributed by atoms with Crippen LogP contribution in [0.25, 0.3) is 0 Å². The van der Waals surface area contributed by atoms with Crippen molar-refractivity contribution in [3.63, 3.8) is 0 Å². The molecule has 0 fully saturated rings. The predicted molar refractivity (Wildman–Crippen MR) is 89.0 cm³/mol. The van der Waals surface area contributed by atoms with Crippen LogP contribution in [0.2, 0.25) is 0 Å². The number of anilines is 1. The maximum absolute atomic E-state index is 12.2. The molecule has 3 aromatic rings. The lowest BCUT2D eigenvalue weighted by Crippen LogP contribution is -2.22. The third-order valence-electron chi connectivity index (χ3n) is 3.40. The number of aromatic nitrogens is 3. The molecule has 0 bridgehead atoms. The minimum absolute atomic E-state index is 0.191. The van der Waals surface area contributed by atoms with Crippen molar-refractivity contribution in [2.45, 2.75) is 6.61 Å². The summed E-state index contributed by atoms with van der Waals surface area (Å²) in [6.07, 6.45) is 4.62. The van der Waals surface area contributed by atoms with Crippen LogP contribution >= 0.6 is 0 Å². The number of H-pyrrole nitrogens is 1. The van der Waals surface area contributed by atoms with E-state index in [1.54, 1.807) is 17.8 Å². The van der Waals surface area contributed by atoms with Gasteiger partial charge in [0.2, 0.25) is 11.4 Å². The molecular weight excluding hydrogens is 308 g/mol. The molecule has 0 aliphatic rings. The zero-order chi connectivity index (χ0) is 16.9. The Morgan fingerprint density at radius 1 is 1.33 bits per heavy atom. The number of ether oxygens (including phenoxy) is 1. The van der Waals surface area contributed by atoms with Gasteiger partial charge in [0.05, 0.1) is 6.20 Å². The molecule has 122 valence electrons. The minimum Gasteiger partial charge on any atom is -0.483 e. The number of nitrogens with one attached hydrogen (secondary N) is 2. The highest BCUT2D eigenvalue weighted by Crippen LogP contribution is 2.10. The fourth-order valence-electron chi connectivity index (χ4n) is 2.18. The van der Waals surface area contributed by atoms with E-state index < -0.39 is 5.91 Å². The van der Waals surface area contributed by atoms with Gasteiger partial charge in [0.15, 0.2) is 5.75 Å². The Morgan fingerprint density at radius 3 is 2.83 bits per heavy atom. The van der Waals surface area contributed by atoms with Crippen LogP contribution < -0.4 is 15.5 Å². The quantitative estimate of drug-likeness (QED) is 0.750. The molecule has 0 radical (unpaired) electrons. The molecule has 2 aromatic heterocycles. The first-order valence-corrected chi connectivity index (χ1v) is 7.31. The van der Waals surface area contributed by atoms with E-state index in [0.29, 0.717) is 5.95 Å². The van der Waals surface area contributed by atoms with Crippen LogP contribution in [-0.2, 0) is 13.7 Å². The lowest BCUT2D eigenvalue weighted by Gasteiger charge is -2.11. The largest absolute Gasteiger partial charge is 0.483 e. The third kappa shape index (κ3) is 3.52. The summed E-state index contributed by atoms with van der Waals surface area (Å²) >= 11 is 0. The fourth-order valence-corrected chi connectivity index (χ4v) is 2.18. The van der Waals surface area contributed by atoms with Gasteiger partial charge >= 0.3 is 0 Å². The second-order valence-corrected chi connectivity index (χ2v) is 5.16. The van der Waals surface area contributed by atoms with Crippen LogP contribution in [-0.4, -0.2) is 20.4 Å². The van der Waals surface area contributed by atoms with Crippen molar-refractivity contribution in [2.75, 3.05) is 5.32 Å². The van der Waals surface area contributed by atoms with E-state index in [9.17, 15) is 9.59 Å². The van der Waals surface area contributed by atoms with Crippen LogP contribution in [0.4, 0.5) is 5.95 Å². The van der Waals surface area contributed by atoms with E-state index in [1.807, 2.05) is 30.3 Å². The number of hydrogen-bond acceptors (Lipinski definition) is 4. The van der Waals surface area contributed by atoms with E-state index in [-0.39, 0.29) is 23.5 Å². The summed E-state index contributed by atoms with van der Waals surface area (Å²) in [5, 5.41) is 2.58. The van der Waals surface area contributed by atoms with Gasteiger partial charge in [0, 0.05) is 25.5 Å². The zero-order valence-electron chi connectivity index (χ0n) is 13.0. The number of amides is 1. The van der Waals surface area contributed by atoms with Crippen LogP contribution in [0, 0.1) is 0 Å². The molecule has 0 atom stereocenters. The van der Waals surface area contributed by atoms with Gasteiger partial charge < -0.3 is 14.3 Å². The molecule has 0 saturated carbocycles. The monoisotopic (exact) mass is 324 g/mol. The number of aryl methyl sites for hydroxylation is 1. The summed E-state index contributed by atoms with van der Waals surface area (Å²) in [6.45, 7) is 0.286. The van der Waals surface area contributed by atoms with E-state index in [1.165, 1.54) is 18.5 Å². The number of imidazole rings is 1. The molecule has 2 heterocycles. The van der Waals surface area contributed by atoms with Gasteiger partial charge in [-0.3, -0.25) is 14.9 Å². The number of rotatable bonds is 5. The lowest BCUT2D eigenvalue weighted by molar-refractivity contribution is 0.101. The molecule has 1 amide bonds. The molecule has 0 spiro atoms. The highest BCUT2D eigenvalue weighted by atomic mass is 16.5. The van der Waals surface area contributed by atoms with Crippen LogP contribution in [0.3, 0.4) is 0 Å². The molecule has 2 N–H and O–H groups in total. The van der Waals surface area contributed by atoms with E-state index in [4.69, 9.17) is 4.74 Å². The molecule has 7 heteroatoms. The van der Waals surface area contributed by atoms with Crippen LogP contribution in [0.1, 0.15) is 16.1 Å². The smallest absolute Gasteiger partial charge is 0.274 e. The Balaban J connectivity index is 1.76. The molecule has 0 unspecified atom stereocenters. The van der Waals surface area contributed by atoms with E-state index >= 15 is 0 Å². The molecule has 1 aromatic carbocycles. The first-order chi connectivity index (χ1) is 11.6. The van der Waals surface area contributed by atoms with Crippen molar-refractivity contribution < 1.29 is 9.53 Å². The van der Waals surface area contributed by atoms with Gasteiger partial charge in [-0.2, -0.15) is 0 Å². The Hall–Kier alpha value is -3.35. The average Bonchev–Trinajstić information content (AvgIpc) is 3.09. The summed E-state index contributed by atoms with van der Waals surface area (Å²) in [6, 6.07) is 10.8. The second kappa shape index (κ2) is 6.82. The first-order valence-electron chi connectivity index (χ1n) is 7.31. The number of benzene rings is 1. The molecule has 0 saturated heterocycles. The average molecular weight is 324 g/mol. The van der Waals surface area contributed by atoms with Gasteiger partial charge in [0.25, 0.3) is 5.91 Å². The number of carbonyl (C=O) groups is 1. The third-order valence-corrected chi connectivity index (χ3v) is 3.40. The summed E-state index contributed by atoms with van der Waals surface area (Å²) < 4.78 is 7.10. The van der Waals surface area contributed by atoms with Crippen molar-refractivity contribution in [3.8, 4) is 5.75 Å². The molecule has 24 heavy (non-hydrogen) atoms. The number of carbonyl (C=O) groups excluding carboxylic acids is 1. The van der Waals surface area contributed by atoms with Crippen molar-refractivity contribution >= 4 is 11.9 Å².